The number of carbonyl (C=O) groups excluding carboxylic acids is 1. The van der Waals surface area contributed by atoms with E-state index in [1.54, 1.807) is 18.2 Å². The molecule has 6 heteroatoms. The Labute approximate surface area is 232 Å². The molecule has 0 aliphatic heterocycles. The molecule has 4 aromatic carbocycles. The van der Waals surface area contributed by atoms with Gasteiger partial charge in [0.15, 0.2) is 0 Å². The molecule has 0 unspecified atom stereocenters. The lowest BCUT2D eigenvalue weighted by atomic mass is 9.97. The summed E-state index contributed by atoms with van der Waals surface area (Å²) < 4.78 is 13.6. The highest BCUT2D eigenvalue weighted by Gasteiger charge is 2.18. The summed E-state index contributed by atoms with van der Waals surface area (Å²) in [7, 11) is 0. The topological polar surface area (TPSA) is 79.3 Å². The fourth-order valence-electron chi connectivity index (χ4n) is 4.87. The molecule has 0 fully saturated rings. The number of pyridine rings is 1. The van der Waals surface area contributed by atoms with Crippen molar-refractivity contribution in [2.45, 2.75) is 31.7 Å². The number of carboxylic acids is 1. The van der Waals surface area contributed by atoms with E-state index in [0.29, 0.717) is 30.3 Å². The van der Waals surface area contributed by atoms with E-state index in [9.17, 15) is 14.0 Å². The number of carbonyl (C=O) groups is 2. The molecule has 5 nitrogen and oxygen atoms in total. The zero-order valence-electron chi connectivity index (χ0n) is 21.9. The third-order valence-electron chi connectivity index (χ3n) is 6.90. The third-order valence-corrected chi connectivity index (χ3v) is 6.90. The number of aromatic nitrogens is 1. The van der Waals surface area contributed by atoms with Crippen molar-refractivity contribution in [1.29, 1.82) is 0 Å². The van der Waals surface area contributed by atoms with Gasteiger partial charge < -0.3 is 10.4 Å². The first kappa shape index (κ1) is 26.8. The SMILES string of the molecule is O=C(O)CCCCc1cc2cc(C(=O)NC(c3ccccc3)c3ccccc3)ccc2nc1-c1ccc(F)cc1. The van der Waals surface area contributed by atoms with Crippen LogP contribution in [0.25, 0.3) is 22.2 Å². The van der Waals surface area contributed by atoms with Gasteiger partial charge in [-0.2, -0.15) is 0 Å². The first-order valence-electron chi connectivity index (χ1n) is 13.3. The van der Waals surface area contributed by atoms with Crippen molar-refractivity contribution in [3.8, 4) is 11.3 Å². The van der Waals surface area contributed by atoms with Crippen molar-refractivity contribution >= 4 is 22.8 Å². The Balaban J connectivity index is 1.47. The predicted molar refractivity (Wildman–Crippen MR) is 155 cm³/mol. The molecule has 0 spiro atoms. The minimum Gasteiger partial charge on any atom is -0.481 e. The van der Waals surface area contributed by atoms with E-state index in [-0.39, 0.29) is 24.2 Å². The number of nitrogens with one attached hydrogen (secondary N) is 1. The first-order valence-corrected chi connectivity index (χ1v) is 13.3. The van der Waals surface area contributed by atoms with E-state index in [1.807, 2.05) is 78.9 Å². The highest BCUT2D eigenvalue weighted by atomic mass is 19.1. The van der Waals surface area contributed by atoms with Crippen LogP contribution >= 0.6 is 0 Å². The zero-order valence-corrected chi connectivity index (χ0v) is 21.9. The maximum absolute atomic E-state index is 13.6. The molecule has 40 heavy (non-hydrogen) atoms. The van der Waals surface area contributed by atoms with Crippen LogP contribution in [0.15, 0.2) is 109 Å². The van der Waals surface area contributed by atoms with Gasteiger partial charge in [-0.05, 0) is 84.5 Å². The van der Waals surface area contributed by atoms with Crippen LogP contribution in [0.2, 0.25) is 0 Å². The molecule has 5 aromatic rings. The number of hydrogen-bond acceptors (Lipinski definition) is 3. The van der Waals surface area contributed by atoms with Gasteiger partial charge in [0.1, 0.15) is 5.82 Å². The van der Waals surface area contributed by atoms with Crippen LogP contribution in [-0.4, -0.2) is 22.0 Å². The van der Waals surface area contributed by atoms with Crippen LogP contribution in [-0.2, 0) is 11.2 Å². The van der Waals surface area contributed by atoms with Crippen molar-refractivity contribution < 1.29 is 19.1 Å². The van der Waals surface area contributed by atoms with Crippen molar-refractivity contribution in [1.82, 2.24) is 10.3 Å². The van der Waals surface area contributed by atoms with E-state index in [1.165, 1.54) is 12.1 Å². The zero-order chi connectivity index (χ0) is 27.9. The van der Waals surface area contributed by atoms with Gasteiger partial charge in [-0.25, -0.2) is 9.37 Å². The Bertz CT molecular complexity index is 1580. The predicted octanol–water partition coefficient (Wildman–Crippen LogP) is 7.36. The number of unbranched alkanes of at least 4 members (excludes halogenated alkanes) is 1. The Morgan fingerprint density at radius 2 is 1.45 bits per heavy atom. The second-order valence-electron chi connectivity index (χ2n) is 9.74. The smallest absolute Gasteiger partial charge is 0.303 e. The quantitative estimate of drug-likeness (QED) is 0.184. The van der Waals surface area contributed by atoms with Crippen molar-refractivity contribution in [3.05, 3.63) is 137 Å². The van der Waals surface area contributed by atoms with Gasteiger partial charge in [-0.3, -0.25) is 9.59 Å². The molecule has 2 N–H and O–H groups in total. The lowest BCUT2D eigenvalue weighted by molar-refractivity contribution is -0.137. The number of benzene rings is 4. The Hall–Kier alpha value is -4.84. The maximum Gasteiger partial charge on any atom is 0.303 e. The average Bonchev–Trinajstić information content (AvgIpc) is 2.98. The standard InChI is InChI=1S/C34H29FN2O3/c35-29-18-15-25(16-19-29)33-26(13-7-8-14-31(38)39)21-28-22-27(17-20-30(28)36-33)34(40)37-32(23-9-3-1-4-10-23)24-11-5-2-6-12-24/h1-6,9-12,15-22,32H,7-8,13-14H2,(H,37,40)(H,38,39). The van der Waals surface area contributed by atoms with Crippen LogP contribution < -0.4 is 5.32 Å². The van der Waals surface area contributed by atoms with Crippen molar-refractivity contribution in [2.75, 3.05) is 0 Å². The maximum atomic E-state index is 13.6. The molecule has 200 valence electrons. The summed E-state index contributed by atoms with van der Waals surface area (Å²) in [5.74, 6) is -1.35. The van der Waals surface area contributed by atoms with Crippen LogP contribution in [0.5, 0.6) is 0 Å². The Morgan fingerprint density at radius 3 is 2.08 bits per heavy atom. The Kier molecular flexibility index (Phi) is 8.26. The summed E-state index contributed by atoms with van der Waals surface area (Å²) in [4.78, 5) is 29.4. The van der Waals surface area contributed by atoms with Crippen molar-refractivity contribution in [2.24, 2.45) is 0 Å². The van der Waals surface area contributed by atoms with Crippen LogP contribution in [0.4, 0.5) is 4.39 Å². The second-order valence-corrected chi connectivity index (χ2v) is 9.74. The molecular formula is C34H29FN2O3. The number of amides is 1. The monoisotopic (exact) mass is 532 g/mol. The lowest BCUT2D eigenvalue weighted by Crippen LogP contribution is -2.29. The van der Waals surface area contributed by atoms with Gasteiger partial charge in [0.2, 0.25) is 0 Å². The van der Waals surface area contributed by atoms with E-state index in [2.05, 4.69) is 5.32 Å². The molecule has 0 saturated heterocycles. The van der Waals surface area contributed by atoms with Crippen molar-refractivity contribution in [3.63, 3.8) is 0 Å². The summed E-state index contributed by atoms with van der Waals surface area (Å²) in [5.41, 5.74) is 5.63. The Morgan fingerprint density at radius 1 is 0.800 bits per heavy atom. The van der Waals surface area contributed by atoms with Crippen LogP contribution in [0, 0.1) is 5.82 Å². The summed E-state index contributed by atoms with van der Waals surface area (Å²) in [6.07, 6.45) is 1.92. The van der Waals surface area contributed by atoms with Gasteiger partial charge in [0, 0.05) is 22.9 Å². The minimum absolute atomic E-state index is 0.0984. The molecule has 0 bridgehead atoms. The minimum atomic E-state index is -0.824. The molecule has 1 heterocycles. The number of aliphatic carboxylic acids is 1. The number of carboxylic acid groups (broad SMARTS) is 1. The highest BCUT2D eigenvalue weighted by molar-refractivity contribution is 5.98. The van der Waals surface area contributed by atoms with E-state index in [0.717, 1.165) is 33.3 Å². The fourth-order valence-corrected chi connectivity index (χ4v) is 4.87. The molecule has 1 amide bonds. The van der Waals surface area contributed by atoms with Gasteiger partial charge in [-0.15, -0.1) is 0 Å². The molecule has 0 radical (unpaired) electrons. The average molecular weight is 533 g/mol. The summed E-state index contributed by atoms with van der Waals surface area (Å²) in [6, 6.07) is 33.0. The molecule has 0 saturated carbocycles. The lowest BCUT2D eigenvalue weighted by Gasteiger charge is -2.20. The third kappa shape index (κ3) is 6.41. The summed E-state index contributed by atoms with van der Waals surface area (Å²) >= 11 is 0. The van der Waals surface area contributed by atoms with Gasteiger partial charge in [-0.1, -0.05) is 60.7 Å². The van der Waals surface area contributed by atoms with Gasteiger partial charge in [0.05, 0.1) is 17.3 Å². The summed E-state index contributed by atoms with van der Waals surface area (Å²) in [5, 5.41) is 13.0. The van der Waals surface area contributed by atoms with Gasteiger partial charge in [0.25, 0.3) is 5.91 Å². The number of rotatable bonds is 10. The number of hydrogen-bond donors (Lipinski definition) is 2. The highest BCUT2D eigenvalue weighted by Crippen LogP contribution is 2.29. The number of aryl methyl sites for hydroxylation is 1. The number of fused-ring (bicyclic) bond motifs is 1. The second kappa shape index (κ2) is 12.3. The summed E-state index contributed by atoms with van der Waals surface area (Å²) in [6.45, 7) is 0. The fraction of sp³-hybridized carbons (Fsp3) is 0.147. The molecule has 0 aliphatic carbocycles. The number of halogens is 1. The normalized spacial score (nSPS) is 11.1. The van der Waals surface area contributed by atoms with Crippen LogP contribution in [0.1, 0.15) is 52.4 Å². The molecular weight excluding hydrogens is 503 g/mol. The van der Waals surface area contributed by atoms with E-state index in [4.69, 9.17) is 10.1 Å². The van der Waals surface area contributed by atoms with Crippen LogP contribution in [0.3, 0.4) is 0 Å². The molecule has 0 aliphatic rings. The molecule has 5 rings (SSSR count). The largest absolute Gasteiger partial charge is 0.481 e. The number of nitrogens with zero attached hydrogens (tertiary/aromatic N) is 1. The first-order chi connectivity index (χ1) is 19.5. The molecule has 1 aromatic heterocycles. The van der Waals surface area contributed by atoms with Gasteiger partial charge >= 0.3 is 5.97 Å². The molecule has 0 atom stereocenters. The van der Waals surface area contributed by atoms with E-state index >= 15 is 0 Å². The van der Waals surface area contributed by atoms with E-state index < -0.39 is 5.97 Å².